The maximum atomic E-state index is 12.7. The highest BCUT2D eigenvalue weighted by Crippen LogP contribution is 2.61. The van der Waals surface area contributed by atoms with E-state index in [1.807, 2.05) is 18.2 Å². The fraction of sp³-hybridized carbons (Fsp3) is 0.519. The number of carbonyl (C=O) groups is 3. The summed E-state index contributed by atoms with van der Waals surface area (Å²) >= 11 is 7.56. The minimum absolute atomic E-state index is 0.0665. The molecule has 0 unspecified atom stereocenters. The molecule has 1 amide bonds. The van der Waals surface area contributed by atoms with E-state index in [1.165, 1.54) is 30.6 Å². The third-order valence-electron chi connectivity index (χ3n) is 7.74. The standard InChI is InChI=1S/C27H30ClNO5S/c1-2-33-26(32)24-20(19-5-3-4-6-21(19)28)15-35-25(24)29-22(30)14-34-23(31)13-27-10-16-7-17(11-27)9-18(8-16)12-27/h3-6,15-18H,2,7-14H2,1H3,(H,29,30). The Labute approximate surface area is 214 Å². The Morgan fingerprint density at radius 2 is 1.69 bits per heavy atom. The second-order valence-corrected chi connectivity index (χ2v) is 11.6. The van der Waals surface area contributed by atoms with Crippen LogP contribution in [0.3, 0.4) is 0 Å². The Morgan fingerprint density at radius 1 is 1.03 bits per heavy atom. The van der Waals surface area contributed by atoms with Gasteiger partial charge in [-0.1, -0.05) is 29.8 Å². The van der Waals surface area contributed by atoms with Crippen molar-refractivity contribution < 1.29 is 23.9 Å². The molecule has 0 spiro atoms. The average molecular weight is 516 g/mol. The van der Waals surface area contributed by atoms with Crippen molar-refractivity contribution >= 4 is 45.8 Å². The van der Waals surface area contributed by atoms with Crippen molar-refractivity contribution in [3.63, 3.8) is 0 Å². The molecule has 1 aromatic heterocycles. The van der Waals surface area contributed by atoms with Crippen LogP contribution in [0.2, 0.25) is 5.02 Å². The fourth-order valence-corrected chi connectivity index (χ4v) is 8.11. The molecule has 2 aromatic rings. The molecule has 4 bridgehead atoms. The van der Waals surface area contributed by atoms with Crippen LogP contribution in [-0.2, 0) is 19.1 Å². The van der Waals surface area contributed by atoms with Crippen LogP contribution in [0.4, 0.5) is 5.00 Å². The molecule has 1 heterocycles. The number of benzene rings is 1. The van der Waals surface area contributed by atoms with Gasteiger partial charge >= 0.3 is 11.9 Å². The Hall–Kier alpha value is -2.38. The quantitative estimate of drug-likeness (QED) is 0.415. The van der Waals surface area contributed by atoms with E-state index >= 15 is 0 Å². The highest BCUT2D eigenvalue weighted by Gasteiger charge is 2.51. The number of hydrogen-bond donors (Lipinski definition) is 1. The molecule has 6 nitrogen and oxygen atoms in total. The Bertz CT molecular complexity index is 1110. The number of amides is 1. The monoisotopic (exact) mass is 515 g/mol. The van der Waals surface area contributed by atoms with E-state index < -0.39 is 11.9 Å². The van der Waals surface area contributed by atoms with Gasteiger partial charge in [0, 0.05) is 21.5 Å². The lowest BCUT2D eigenvalue weighted by atomic mass is 9.49. The van der Waals surface area contributed by atoms with Gasteiger partial charge < -0.3 is 14.8 Å². The van der Waals surface area contributed by atoms with Gasteiger partial charge in [-0.2, -0.15) is 0 Å². The topological polar surface area (TPSA) is 81.7 Å². The van der Waals surface area contributed by atoms with Crippen molar-refractivity contribution in [3.05, 3.63) is 40.2 Å². The number of thiophene rings is 1. The molecular weight excluding hydrogens is 486 g/mol. The van der Waals surface area contributed by atoms with Gasteiger partial charge in [0.25, 0.3) is 5.91 Å². The van der Waals surface area contributed by atoms with Crippen molar-refractivity contribution in [2.24, 2.45) is 23.2 Å². The first-order chi connectivity index (χ1) is 16.9. The summed E-state index contributed by atoms with van der Waals surface area (Å²) in [5.41, 5.74) is 1.58. The molecule has 0 aliphatic heterocycles. The minimum Gasteiger partial charge on any atom is -0.462 e. The van der Waals surface area contributed by atoms with Crippen LogP contribution in [0.1, 0.15) is 62.2 Å². The van der Waals surface area contributed by atoms with Crippen molar-refractivity contribution in [1.29, 1.82) is 0 Å². The SMILES string of the molecule is CCOC(=O)c1c(-c2ccccc2Cl)csc1NC(=O)COC(=O)CC12CC3CC(CC(C3)C1)C2. The minimum atomic E-state index is -0.544. The number of esters is 2. The van der Waals surface area contributed by atoms with Gasteiger partial charge in [0.05, 0.1) is 13.0 Å². The number of anilines is 1. The Balaban J connectivity index is 1.23. The van der Waals surface area contributed by atoms with Crippen LogP contribution in [0.25, 0.3) is 11.1 Å². The van der Waals surface area contributed by atoms with E-state index in [-0.39, 0.29) is 30.2 Å². The van der Waals surface area contributed by atoms with E-state index in [4.69, 9.17) is 21.1 Å². The molecule has 35 heavy (non-hydrogen) atoms. The first-order valence-corrected chi connectivity index (χ1v) is 13.6. The second-order valence-electron chi connectivity index (χ2n) is 10.4. The molecular formula is C27H30ClNO5S. The van der Waals surface area contributed by atoms with Crippen LogP contribution < -0.4 is 5.32 Å². The molecule has 1 N–H and O–H groups in total. The lowest BCUT2D eigenvalue weighted by molar-refractivity contribution is -0.154. The first kappa shape index (κ1) is 24.3. The third kappa shape index (κ3) is 5.12. The predicted molar refractivity (Wildman–Crippen MR) is 136 cm³/mol. The second kappa shape index (κ2) is 9.94. The van der Waals surface area contributed by atoms with Crippen LogP contribution in [-0.4, -0.2) is 31.1 Å². The normalized spacial score (nSPS) is 26.4. The summed E-state index contributed by atoms with van der Waals surface area (Å²) in [6, 6.07) is 7.19. The van der Waals surface area contributed by atoms with Crippen molar-refractivity contribution in [3.8, 4) is 11.1 Å². The van der Waals surface area contributed by atoms with Gasteiger partial charge in [-0.3, -0.25) is 9.59 Å². The van der Waals surface area contributed by atoms with Gasteiger partial charge in [-0.05, 0) is 74.7 Å². The zero-order chi connectivity index (χ0) is 24.6. The largest absolute Gasteiger partial charge is 0.462 e. The molecule has 1 aromatic carbocycles. The highest BCUT2D eigenvalue weighted by atomic mass is 35.5. The molecule has 0 radical (unpaired) electrons. The van der Waals surface area contributed by atoms with Gasteiger partial charge in [0.15, 0.2) is 6.61 Å². The summed E-state index contributed by atoms with van der Waals surface area (Å²) in [7, 11) is 0. The Morgan fingerprint density at radius 3 is 2.31 bits per heavy atom. The number of carbonyl (C=O) groups excluding carboxylic acids is 3. The molecule has 186 valence electrons. The summed E-state index contributed by atoms with van der Waals surface area (Å²) in [5.74, 6) is 0.926. The van der Waals surface area contributed by atoms with E-state index in [9.17, 15) is 14.4 Å². The number of hydrogen-bond acceptors (Lipinski definition) is 6. The van der Waals surface area contributed by atoms with Crippen LogP contribution in [0, 0.1) is 23.2 Å². The molecule has 4 aliphatic carbocycles. The van der Waals surface area contributed by atoms with Gasteiger partial charge in [0.2, 0.25) is 0 Å². The van der Waals surface area contributed by atoms with E-state index in [0.29, 0.717) is 27.6 Å². The summed E-state index contributed by atoms with van der Waals surface area (Å²) in [4.78, 5) is 38.1. The van der Waals surface area contributed by atoms with Gasteiger partial charge in [-0.25, -0.2) is 4.79 Å². The molecule has 0 atom stereocenters. The number of halogens is 1. The summed E-state index contributed by atoms with van der Waals surface area (Å²) < 4.78 is 10.6. The van der Waals surface area contributed by atoms with Gasteiger partial charge in [-0.15, -0.1) is 11.3 Å². The number of ether oxygens (including phenoxy) is 2. The maximum absolute atomic E-state index is 12.7. The molecule has 4 fully saturated rings. The van der Waals surface area contributed by atoms with Gasteiger partial charge in [0.1, 0.15) is 10.6 Å². The zero-order valence-electron chi connectivity index (χ0n) is 19.8. The third-order valence-corrected chi connectivity index (χ3v) is 8.96. The highest BCUT2D eigenvalue weighted by molar-refractivity contribution is 7.15. The van der Waals surface area contributed by atoms with E-state index in [2.05, 4.69) is 5.32 Å². The molecule has 8 heteroatoms. The number of rotatable bonds is 8. The lowest BCUT2D eigenvalue weighted by Gasteiger charge is -2.56. The summed E-state index contributed by atoms with van der Waals surface area (Å²) in [5, 5.41) is 5.34. The maximum Gasteiger partial charge on any atom is 0.341 e. The summed E-state index contributed by atoms with van der Waals surface area (Å²) in [6.45, 7) is 1.54. The van der Waals surface area contributed by atoms with Crippen LogP contribution in [0.5, 0.6) is 0 Å². The molecule has 4 aliphatic rings. The predicted octanol–water partition coefficient (Wildman–Crippen LogP) is 6.33. The lowest BCUT2D eigenvalue weighted by Crippen LogP contribution is -2.47. The fourth-order valence-electron chi connectivity index (χ4n) is 6.91. The molecule has 0 saturated heterocycles. The van der Waals surface area contributed by atoms with Crippen molar-refractivity contribution in [2.75, 3.05) is 18.5 Å². The first-order valence-electron chi connectivity index (χ1n) is 12.3. The smallest absolute Gasteiger partial charge is 0.341 e. The number of nitrogens with one attached hydrogen (secondary N) is 1. The average Bonchev–Trinajstić information content (AvgIpc) is 3.20. The van der Waals surface area contributed by atoms with Crippen molar-refractivity contribution in [2.45, 2.75) is 51.9 Å². The van der Waals surface area contributed by atoms with E-state index in [1.54, 1.807) is 18.4 Å². The van der Waals surface area contributed by atoms with Crippen molar-refractivity contribution in [1.82, 2.24) is 0 Å². The Kier molecular flexibility index (Phi) is 6.91. The van der Waals surface area contributed by atoms with Crippen LogP contribution >= 0.6 is 22.9 Å². The molecule has 6 rings (SSSR count). The van der Waals surface area contributed by atoms with E-state index in [0.717, 1.165) is 37.0 Å². The zero-order valence-corrected chi connectivity index (χ0v) is 21.4. The summed E-state index contributed by atoms with van der Waals surface area (Å²) in [6.07, 6.45) is 7.69. The van der Waals surface area contributed by atoms with Crippen LogP contribution in [0.15, 0.2) is 29.6 Å². The molecule has 4 saturated carbocycles.